The van der Waals surface area contributed by atoms with Crippen LogP contribution in [0.4, 0.5) is 0 Å². The molecule has 0 saturated heterocycles. The number of benzene rings is 2. The second kappa shape index (κ2) is 9.34. The van der Waals surface area contributed by atoms with Gasteiger partial charge in [0, 0.05) is 24.9 Å². The summed E-state index contributed by atoms with van der Waals surface area (Å²) < 4.78 is 6.39. The van der Waals surface area contributed by atoms with Crippen molar-refractivity contribution in [1.29, 1.82) is 0 Å². The molecule has 0 radical (unpaired) electrons. The van der Waals surface area contributed by atoms with Crippen LogP contribution in [-0.4, -0.2) is 39.7 Å². The van der Waals surface area contributed by atoms with Crippen LogP contribution in [0.15, 0.2) is 53.3 Å². The van der Waals surface area contributed by atoms with Crippen LogP contribution in [0.3, 0.4) is 0 Å². The number of nitrogens with zero attached hydrogens (tertiary/aromatic N) is 3. The van der Waals surface area contributed by atoms with Crippen LogP contribution in [0.2, 0.25) is 0 Å². The number of fused-ring (bicyclic) bond motifs is 2. The van der Waals surface area contributed by atoms with E-state index in [1.54, 1.807) is 24.3 Å². The van der Waals surface area contributed by atoms with Crippen molar-refractivity contribution in [2.45, 2.75) is 51.7 Å². The van der Waals surface area contributed by atoms with Gasteiger partial charge in [0.1, 0.15) is 6.04 Å². The minimum Gasteiger partial charge on any atom is -0.467 e. The molecule has 0 saturated carbocycles. The molecular weight excluding hydrogens is 406 g/mol. The number of rotatable bonds is 6. The van der Waals surface area contributed by atoms with Gasteiger partial charge in [-0.3, -0.25) is 9.59 Å². The maximum atomic E-state index is 13.8. The zero-order chi connectivity index (χ0) is 22.7. The minimum absolute atomic E-state index is 0.185. The molecule has 0 bridgehead atoms. The smallest absolute Gasteiger partial charge is 0.328 e. The van der Waals surface area contributed by atoms with Crippen molar-refractivity contribution in [3.63, 3.8) is 0 Å². The average Bonchev–Trinajstić information content (AvgIpc) is 2.84. The highest BCUT2D eigenvalue weighted by atomic mass is 16.5. The number of unbranched alkanes of at least 4 members (excludes halogenated alkanes) is 2. The number of hydrogen-bond acceptors (Lipinski definition) is 5. The summed E-state index contributed by atoms with van der Waals surface area (Å²) in [6.45, 7) is 2.81. The Balaban J connectivity index is 1.80. The molecule has 4 rings (SSSR count). The summed E-state index contributed by atoms with van der Waals surface area (Å²) in [5.74, 6) is -0.844. The molecule has 1 atom stereocenters. The third-order valence-corrected chi connectivity index (χ3v) is 6.03. The highest BCUT2D eigenvalue weighted by molar-refractivity contribution is 6.06. The predicted molar refractivity (Wildman–Crippen MR) is 121 cm³/mol. The van der Waals surface area contributed by atoms with Gasteiger partial charge < -0.3 is 9.64 Å². The number of aryl methyl sites for hydroxylation is 1. The fourth-order valence-electron chi connectivity index (χ4n) is 4.28. The summed E-state index contributed by atoms with van der Waals surface area (Å²) in [6.07, 6.45) is 3.17. The van der Waals surface area contributed by atoms with Gasteiger partial charge in [0.05, 0.1) is 12.5 Å². The molecule has 32 heavy (non-hydrogen) atoms. The van der Waals surface area contributed by atoms with Gasteiger partial charge in [-0.05, 0) is 23.6 Å². The fraction of sp³-hybridized carbons (Fsp3) is 0.360. The van der Waals surface area contributed by atoms with Gasteiger partial charge in [-0.1, -0.05) is 62.2 Å². The third-order valence-electron chi connectivity index (χ3n) is 6.03. The number of carbonyl (C=O) groups excluding carboxylic acids is 2. The summed E-state index contributed by atoms with van der Waals surface area (Å²) >= 11 is 0. The molecule has 7 heteroatoms. The second-order valence-corrected chi connectivity index (χ2v) is 8.07. The molecule has 7 nitrogen and oxygen atoms in total. The van der Waals surface area contributed by atoms with Gasteiger partial charge in [-0.25, -0.2) is 9.48 Å². The van der Waals surface area contributed by atoms with E-state index in [-0.39, 0.29) is 23.7 Å². The van der Waals surface area contributed by atoms with Crippen LogP contribution in [0, 0.1) is 0 Å². The van der Waals surface area contributed by atoms with Crippen LogP contribution in [0.1, 0.15) is 47.8 Å². The minimum atomic E-state index is -0.747. The van der Waals surface area contributed by atoms with Crippen LogP contribution in [-0.2, 0) is 29.0 Å². The van der Waals surface area contributed by atoms with Crippen molar-refractivity contribution in [3.05, 3.63) is 75.7 Å². The molecule has 1 aromatic heterocycles. The lowest BCUT2D eigenvalue weighted by atomic mass is 9.93. The number of esters is 1. The molecule has 0 aliphatic carbocycles. The molecule has 0 fully saturated rings. The molecule has 1 aliphatic rings. The molecule has 0 spiro atoms. The first-order chi connectivity index (χ1) is 15.5. The van der Waals surface area contributed by atoms with Gasteiger partial charge in [0.25, 0.3) is 11.5 Å². The Morgan fingerprint density at radius 3 is 2.44 bits per heavy atom. The van der Waals surface area contributed by atoms with Crippen molar-refractivity contribution >= 4 is 22.6 Å². The average molecular weight is 434 g/mol. The first kappa shape index (κ1) is 21.7. The quantitative estimate of drug-likeness (QED) is 0.440. The van der Waals surface area contributed by atoms with E-state index >= 15 is 0 Å². The molecule has 0 N–H and O–H groups in total. The Morgan fingerprint density at radius 2 is 1.72 bits per heavy atom. The van der Waals surface area contributed by atoms with Crippen molar-refractivity contribution in [3.8, 4) is 0 Å². The highest BCUT2D eigenvalue weighted by Crippen LogP contribution is 2.27. The number of ether oxygens (including phenoxy) is 1. The number of carbonyl (C=O) groups is 2. The molecular formula is C25H27N3O4. The van der Waals surface area contributed by atoms with Gasteiger partial charge in [0.15, 0.2) is 5.69 Å². The molecule has 3 aromatic rings. The topological polar surface area (TPSA) is 81.5 Å². The van der Waals surface area contributed by atoms with E-state index < -0.39 is 12.0 Å². The Bertz CT molecular complexity index is 1220. The first-order valence-corrected chi connectivity index (χ1v) is 11.0. The molecule has 1 unspecified atom stereocenters. The third kappa shape index (κ3) is 4.02. The van der Waals surface area contributed by atoms with E-state index in [0.29, 0.717) is 23.7 Å². The molecule has 2 aromatic carbocycles. The number of methoxy groups -OCH3 is 1. The van der Waals surface area contributed by atoms with Gasteiger partial charge >= 0.3 is 5.97 Å². The Morgan fingerprint density at radius 1 is 1.03 bits per heavy atom. The first-order valence-electron chi connectivity index (χ1n) is 11.0. The SMILES string of the molecule is CCCCCn1nc(C(=O)N2Cc3ccccc3CC2C(=O)OC)c2ccccc2c1=O. The molecule has 1 aliphatic heterocycles. The van der Waals surface area contributed by atoms with Gasteiger partial charge in [-0.15, -0.1) is 0 Å². The van der Waals surface area contributed by atoms with E-state index in [1.165, 1.54) is 16.7 Å². The summed E-state index contributed by atoms with van der Waals surface area (Å²) in [4.78, 5) is 40.9. The molecule has 2 heterocycles. The zero-order valence-corrected chi connectivity index (χ0v) is 18.4. The zero-order valence-electron chi connectivity index (χ0n) is 18.4. The highest BCUT2D eigenvalue weighted by Gasteiger charge is 2.37. The van der Waals surface area contributed by atoms with Crippen molar-refractivity contribution in [2.75, 3.05) is 7.11 Å². The summed E-state index contributed by atoms with van der Waals surface area (Å²) in [6, 6.07) is 14.0. The largest absolute Gasteiger partial charge is 0.467 e. The van der Waals surface area contributed by atoms with Crippen LogP contribution < -0.4 is 5.56 Å². The number of hydrogen-bond donors (Lipinski definition) is 0. The monoisotopic (exact) mass is 433 g/mol. The number of amides is 1. The van der Waals surface area contributed by atoms with Crippen molar-refractivity contribution in [1.82, 2.24) is 14.7 Å². The normalized spacial score (nSPS) is 15.4. The predicted octanol–water partition coefficient (Wildman–Crippen LogP) is 3.33. The standard InChI is InChI=1S/C25H27N3O4/c1-3-4-9-14-28-23(29)20-13-8-7-12-19(20)22(26-28)24(30)27-16-18-11-6-5-10-17(18)15-21(27)25(31)32-2/h5-8,10-13,21H,3-4,9,14-16H2,1-2H3. The van der Waals surface area contributed by atoms with Crippen molar-refractivity contribution < 1.29 is 14.3 Å². The van der Waals surface area contributed by atoms with E-state index in [0.717, 1.165) is 30.4 Å². The maximum Gasteiger partial charge on any atom is 0.328 e. The van der Waals surface area contributed by atoms with Crippen LogP contribution in [0.5, 0.6) is 0 Å². The second-order valence-electron chi connectivity index (χ2n) is 8.07. The van der Waals surface area contributed by atoms with Gasteiger partial charge in [-0.2, -0.15) is 5.10 Å². The van der Waals surface area contributed by atoms with Gasteiger partial charge in [0.2, 0.25) is 0 Å². The number of aromatic nitrogens is 2. The molecule has 166 valence electrons. The molecule has 1 amide bonds. The Hall–Kier alpha value is -3.48. The van der Waals surface area contributed by atoms with Crippen LogP contribution in [0.25, 0.3) is 10.8 Å². The van der Waals surface area contributed by atoms with E-state index in [9.17, 15) is 14.4 Å². The maximum absolute atomic E-state index is 13.8. The Kier molecular flexibility index (Phi) is 6.35. The van der Waals surface area contributed by atoms with Crippen LogP contribution >= 0.6 is 0 Å². The summed E-state index contributed by atoms with van der Waals surface area (Å²) in [5.41, 5.74) is 1.99. The Labute approximate surface area is 186 Å². The lowest BCUT2D eigenvalue weighted by Gasteiger charge is -2.35. The van der Waals surface area contributed by atoms with E-state index in [4.69, 9.17) is 4.74 Å². The summed E-state index contributed by atoms with van der Waals surface area (Å²) in [7, 11) is 1.33. The lowest BCUT2D eigenvalue weighted by Crippen LogP contribution is -2.49. The lowest BCUT2D eigenvalue weighted by molar-refractivity contribution is -0.146. The fourth-order valence-corrected chi connectivity index (χ4v) is 4.28. The van der Waals surface area contributed by atoms with E-state index in [2.05, 4.69) is 12.0 Å². The summed E-state index contributed by atoms with van der Waals surface area (Å²) in [5, 5.41) is 5.43. The van der Waals surface area contributed by atoms with Crippen molar-refractivity contribution in [2.24, 2.45) is 0 Å². The van der Waals surface area contributed by atoms with E-state index in [1.807, 2.05) is 24.3 Å².